The molecule has 14 heavy (non-hydrogen) atoms. The van der Waals surface area contributed by atoms with E-state index in [0.717, 1.165) is 0 Å². The van der Waals surface area contributed by atoms with Gasteiger partial charge in [-0.25, -0.2) is 14.5 Å². The van der Waals surface area contributed by atoms with Crippen LogP contribution in [0.25, 0.3) is 5.69 Å². The van der Waals surface area contributed by atoms with Gasteiger partial charge in [-0.05, 0) is 24.3 Å². The number of nitrogen functional groups attached to an aromatic ring is 1. The van der Waals surface area contributed by atoms with Gasteiger partial charge in [0.2, 0.25) is 5.95 Å². The zero-order valence-electron chi connectivity index (χ0n) is 7.07. The van der Waals surface area contributed by atoms with Gasteiger partial charge in [-0.1, -0.05) is 11.6 Å². The lowest BCUT2D eigenvalue weighted by molar-refractivity contribution is 0.987. The van der Waals surface area contributed by atoms with Gasteiger partial charge in [-0.15, -0.1) is 5.10 Å². The number of aromatic amines is 1. The van der Waals surface area contributed by atoms with Gasteiger partial charge in [-0.2, -0.15) is 0 Å². The maximum Gasteiger partial charge on any atom is 0.349 e. The topological polar surface area (TPSA) is 76.7 Å². The van der Waals surface area contributed by atoms with E-state index in [-0.39, 0.29) is 11.6 Å². The maximum absolute atomic E-state index is 11.3. The molecule has 0 aliphatic rings. The van der Waals surface area contributed by atoms with Crippen LogP contribution in [0.4, 0.5) is 5.95 Å². The third kappa shape index (κ3) is 1.38. The monoisotopic (exact) mass is 210 g/mol. The van der Waals surface area contributed by atoms with Crippen molar-refractivity contribution in [2.75, 3.05) is 5.73 Å². The zero-order chi connectivity index (χ0) is 10.1. The second-order valence-corrected chi connectivity index (χ2v) is 3.14. The Hall–Kier alpha value is -1.75. The molecule has 1 aromatic heterocycles. The summed E-state index contributed by atoms with van der Waals surface area (Å²) in [6.45, 7) is 0. The third-order valence-electron chi connectivity index (χ3n) is 1.78. The third-order valence-corrected chi connectivity index (χ3v) is 2.04. The normalized spacial score (nSPS) is 10.4. The molecule has 72 valence electrons. The summed E-state index contributed by atoms with van der Waals surface area (Å²) in [5, 5.41) is 6.44. The van der Waals surface area contributed by atoms with Crippen molar-refractivity contribution in [3.8, 4) is 5.69 Å². The molecule has 6 heteroatoms. The number of nitrogens with two attached hydrogens (primary N) is 1. The summed E-state index contributed by atoms with van der Waals surface area (Å²) in [5.41, 5.74) is 5.76. The van der Waals surface area contributed by atoms with Crippen LogP contribution in [0, 0.1) is 0 Å². The summed E-state index contributed by atoms with van der Waals surface area (Å²) in [6, 6.07) is 6.73. The zero-order valence-corrected chi connectivity index (χ0v) is 7.82. The Bertz CT molecular complexity index is 499. The van der Waals surface area contributed by atoms with E-state index in [0.29, 0.717) is 10.7 Å². The Morgan fingerprint density at radius 2 is 2.00 bits per heavy atom. The average molecular weight is 211 g/mol. The molecule has 0 amide bonds. The summed E-state index contributed by atoms with van der Waals surface area (Å²) in [4.78, 5) is 11.3. The highest BCUT2D eigenvalue weighted by atomic mass is 35.5. The fraction of sp³-hybridized carbons (Fsp3) is 0. The molecule has 0 fully saturated rings. The van der Waals surface area contributed by atoms with Crippen LogP contribution in [-0.2, 0) is 0 Å². The van der Waals surface area contributed by atoms with Gasteiger partial charge in [0.1, 0.15) is 0 Å². The standard InChI is InChI=1S/C8H7ClN4O/c9-5-1-3-6(4-2-5)13-7(10)11-12-8(13)14/h1-4H,(H2,10,11)(H,12,14). The Labute approximate surface area is 84.1 Å². The van der Waals surface area contributed by atoms with Crippen molar-refractivity contribution in [3.05, 3.63) is 39.8 Å². The number of aromatic nitrogens is 3. The Kier molecular flexibility index (Phi) is 2.01. The van der Waals surface area contributed by atoms with E-state index in [1.165, 1.54) is 4.57 Å². The molecule has 0 saturated carbocycles. The first kappa shape index (κ1) is 8.83. The first-order valence-electron chi connectivity index (χ1n) is 3.87. The summed E-state index contributed by atoms with van der Waals surface area (Å²) in [5.74, 6) is 0.123. The quantitative estimate of drug-likeness (QED) is 0.731. The predicted octanol–water partition coefficient (Wildman–Crippen LogP) is 0.796. The molecule has 3 N–H and O–H groups in total. The number of benzene rings is 1. The average Bonchev–Trinajstić information content (AvgIpc) is 2.49. The van der Waals surface area contributed by atoms with Crippen LogP contribution < -0.4 is 11.4 Å². The van der Waals surface area contributed by atoms with Crippen molar-refractivity contribution >= 4 is 17.5 Å². The van der Waals surface area contributed by atoms with Gasteiger partial charge in [0.15, 0.2) is 0 Å². The highest BCUT2D eigenvalue weighted by Gasteiger charge is 2.05. The SMILES string of the molecule is Nc1n[nH]c(=O)n1-c1ccc(Cl)cc1. The van der Waals surface area contributed by atoms with E-state index in [2.05, 4.69) is 10.2 Å². The lowest BCUT2D eigenvalue weighted by Gasteiger charge is -2.01. The molecular weight excluding hydrogens is 204 g/mol. The first-order chi connectivity index (χ1) is 6.68. The minimum atomic E-state index is -0.371. The van der Waals surface area contributed by atoms with E-state index in [1.807, 2.05) is 0 Å². The number of nitrogens with one attached hydrogen (secondary N) is 1. The second kappa shape index (κ2) is 3.19. The summed E-state index contributed by atoms with van der Waals surface area (Å²) in [6.07, 6.45) is 0. The number of rotatable bonds is 1. The molecule has 1 aromatic carbocycles. The lowest BCUT2D eigenvalue weighted by Crippen LogP contribution is -2.16. The number of halogens is 1. The molecular formula is C8H7ClN4O. The van der Waals surface area contributed by atoms with Gasteiger partial charge in [0, 0.05) is 5.02 Å². The Balaban J connectivity index is 2.60. The summed E-state index contributed by atoms with van der Waals surface area (Å²) < 4.78 is 1.26. The number of H-pyrrole nitrogens is 1. The number of hydrogen-bond acceptors (Lipinski definition) is 3. The fourth-order valence-electron chi connectivity index (χ4n) is 1.15. The van der Waals surface area contributed by atoms with Gasteiger partial charge in [-0.3, -0.25) is 0 Å². The van der Waals surface area contributed by atoms with E-state index >= 15 is 0 Å². The molecule has 0 aliphatic carbocycles. The Morgan fingerprint density at radius 3 is 2.50 bits per heavy atom. The number of hydrogen-bond donors (Lipinski definition) is 2. The van der Waals surface area contributed by atoms with Crippen LogP contribution in [-0.4, -0.2) is 14.8 Å². The van der Waals surface area contributed by atoms with Gasteiger partial charge in [0.05, 0.1) is 5.69 Å². The van der Waals surface area contributed by atoms with Gasteiger partial charge < -0.3 is 5.73 Å². The van der Waals surface area contributed by atoms with Gasteiger partial charge in [0.25, 0.3) is 0 Å². The van der Waals surface area contributed by atoms with Crippen LogP contribution in [0.3, 0.4) is 0 Å². The van der Waals surface area contributed by atoms with Gasteiger partial charge >= 0.3 is 5.69 Å². The van der Waals surface area contributed by atoms with Crippen LogP contribution in [0.5, 0.6) is 0 Å². The molecule has 5 nitrogen and oxygen atoms in total. The molecule has 2 aromatic rings. The smallest absolute Gasteiger partial charge is 0.349 e. The van der Waals surface area contributed by atoms with E-state index in [9.17, 15) is 4.79 Å². The highest BCUT2D eigenvalue weighted by Crippen LogP contribution is 2.13. The van der Waals surface area contributed by atoms with Crippen LogP contribution in [0.15, 0.2) is 29.1 Å². The van der Waals surface area contributed by atoms with Crippen LogP contribution >= 0.6 is 11.6 Å². The predicted molar refractivity (Wildman–Crippen MR) is 53.6 cm³/mol. The minimum absolute atomic E-state index is 0.123. The van der Waals surface area contributed by atoms with Crippen molar-refractivity contribution in [3.63, 3.8) is 0 Å². The molecule has 2 rings (SSSR count). The summed E-state index contributed by atoms with van der Waals surface area (Å²) >= 11 is 5.71. The van der Waals surface area contributed by atoms with E-state index < -0.39 is 0 Å². The number of nitrogens with zero attached hydrogens (tertiary/aromatic N) is 2. The largest absolute Gasteiger partial charge is 0.368 e. The van der Waals surface area contributed by atoms with Crippen molar-refractivity contribution in [2.24, 2.45) is 0 Å². The molecule has 0 spiro atoms. The molecule has 1 heterocycles. The van der Waals surface area contributed by atoms with Crippen LogP contribution in [0.1, 0.15) is 0 Å². The van der Waals surface area contributed by atoms with Crippen molar-refractivity contribution in [1.82, 2.24) is 14.8 Å². The minimum Gasteiger partial charge on any atom is -0.368 e. The van der Waals surface area contributed by atoms with E-state index in [1.54, 1.807) is 24.3 Å². The second-order valence-electron chi connectivity index (χ2n) is 2.70. The Morgan fingerprint density at radius 1 is 1.36 bits per heavy atom. The van der Waals surface area contributed by atoms with Crippen molar-refractivity contribution in [1.29, 1.82) is 0 Å². The molecule has 0 bridgehead atoms. The lowest BCUT2D eigenvalue weighted by atomic mass is 10.3. The molecule has 0 saturated heterocycles. The van der Waals surface area contributed by atoms with E-state index in [4.69, 9.17) is 17.3 Å². The van der Waals surface area contributed by atoms with Crippen molar-refractivity contribution in [2.45, 2.75) is 0 Å². The van der Waals surface area contributed by atoms with Crippen LogP contribution in [0.2, 0.25) is 5.02 Å². The molecule has 0 atom stereocenters. The van der Waals surface area contributed by atoms with Crippen molar-refractivity contribution < 1.29 is 0 Å². The summed E-state index contributed by atoms with van der Waals surface area (Å²) in [7, 11) is 0. The highest BCUT2D eigenvalue weighted by molar-refractivity contribution is 6.30. The number of anilines is 1. The molecule has 0 radical (unpaired) electrons. The first-order valence-corrected chi connectivity index (χ1v) is 4.25. The fourth-order valence-corrected chi connectivity index (χ4v) is 1.27. The molecule has 0 unspecified atom stereocenters. The molecule has 0 aliphatic heterocycles. The maximum atomic E-state index is 11.3.